The third-order valence-electron chi connectivity index (χ3n) is 3.06. The van der Waals surface area contributed by atoms with Crippen molar-refractivity contribution in [1.29, 1.82) is 0 Å². The fourth-order valence-corrected chi connectivity index (χ4v) is 2.15. The van der Waals surface area contributed by atoms with Gasteiger partial charge in [-0.25, -0.2) is 9.97 Å². The van der Waals surface area contributed by atoms with Gasteiger partial charge < -0.3 is 10.2 Å². The molecule has 1 aliphatic heterocycles. The summed E-state index contributed by atoms with van der Waals surface area (Å²) in [6.07, 6.45) is 1.98. The molecular formula is C13H22N4. The molecule has 0 unspecified atom stereocenters. The predicted octanol–water partition coefficient (Wildman–Crippen LogP) is 1.49. The van der Waals surface area contributed by atoms with Crippen LogP contribution in [0.3, 0.4) is 0 Å². The highest BCUT2D eigenvalue weighted by molar-refractivity contribution is 5.52. The Morgan fingerprint density at radius 1 is 1.24 bits per heavy atom. The van der Waals surface area contributed by atoms with Crippen molar-refractivity contribution in [3.63, 3.8) is 0 Å². The van der Waals surface area contributed by atoms with Crippen molar-refractivity contribution in [3.8, 4) is 0 Å². The van der Waals surface area contributed by atoms with Gasteiger partial charge in [0.25, 0.3) is 0 Å². The van der Waals surface area contributed by atoms with Crippen molar-refractivity contribution in [1.82, 2.24) is 15.3 Å². The number of hydrogen-bond acceptors (Lipinski definition) is 4. The van der Waals surface area contributed by atoms with E-state index in [4.69, 9.17) is 0 Å². The van der Waals surface area contributed by atoms with Crippen molar-refractivity contribution in [2.75, 3.05) is 31.1 Å². The van der Waals surface area contributed by atoms with Crippen LogP contribution < -0.4 is 10.2 Å². The molecule has 17 heavy (non-hydrogen) atoms. The van der Waals surface area contributed by atoms with E-state index in [0.29, 0.717) is 0 Å². The Morgan fingerprint density at radius 2 is 1.88 bits per heavy atom. The zero-order chi connectivity index (χ0) is 12.5. The zero-order valence-electron chi connectivity index (χ0n) is 11.2. The maximum absolute atomic E-state index is 4.65. The lowest BCUT2D eigenvalue weighted by atomic mass is 9.90. The van der Waals surface area contributed by atoms with Crippen molar-refractivity contribution < 1.29 is 0 Å². The summed E-state index contributed by atoms with van der Waals surface area (Å²) in [5, 5.41) is 3.37. The first kappa shape index (κ1) is 12.3. The number of rotatable bonds is 1. The van der Waals surface area contributed by atoms with E-state index in [1.165, 1.54) is 5.69 Å². The summed E-state index contributed by atoms with van der Waals surface area (Å²) in [5.74, 6) is 0.855. The van der Waals surface area contributed by atoms with E-state index in [0.717, 1.165) is 37.7 Å². The molecule has 4 nitrogen and oxygen atoms in total. The first-order valence-corrected chi connectivity index (χ1v) is 6.28. The summed E-state index contributed by atoms with van der Waals surface area (Å²) in [6, 6.07) is 0. The molecular weight excluding hydrogens is 212 g/mol. The molecule has 1 aliphatic rings. The zero-order valence-corrected chi connectivity index (χ0v) is 11.2. The number of nitrogens with one attached hydrogen (secondary N) is 1. The summed E-state index contributed by atoms with van der Waals surface area (Å²) < 4.78 is 0. The predicted molar refractivity (Wildman–Crippen MR) is 70.6 cm³/mol. The molecule has 1 N–H and O–H groups in total. The normalized spacial score (nSPS) is 17.3. The van der Waals surface area contributed by atoms with Crippen LogP contribution in [0.15, 0.2) is 6.20 Å². The minimum atomic E-state index is 0.0634. The van der Waals surface area contributed by atoms with Crippen LogP contribution in [0.4, 0.5) is 5.69 Å². The Morgan fingerprint density at radius 3 is 2.47 bits per heavy atom. The van der Waals surface area contributed by atoms with Crippen LogP contribution in [0.2, 0.25) is 0 Å². The van der Waals surface area contributed by atoms with Gasteiger partial charge in [-0.2, -0.15) is 0 Å². The largest absolute Gasteiger partial charge is 0.366 e. The van der Waals surface area contributed by atoms with Crippen LogP contribution >= 0.6 is 0 Å². The van der Waals surface area contributed by atoms with Crippen molar-refractivity contribution in [2.45, 2.75) is 33.1 Å². The SMILES string of the molecule is Cc1ncc(N2CCNCC2)c(C(C)(C)C)n1. The maximum Gasteiger partial charge on any atom is 0.125 e. The molecule has 0 aliphatic carbocycles. The molecule has 0 radical (unpaired) electrons. The second-order valence-corrected chi connectivity index (χ2v) is 5.64. The van der Waals surface area contributed by atoms with Crippen molar-refractivity contribution >= 4 is 5.69 Å². The van der Waals surface area contributed by atoms with E-state index in [1.807, 2.05) is 13.1 Å². The molecule has 0 bridgehead atoms. The molecule has 4 heteroatoms. The highest BCUT2D eigenvalue weighted by Gasteiger charge is 2.24. The van der Waals surface area contributed by atoms with Gasteiger partial charge in [-0.05, 0) is 6.92 Å². The second kappa shape index (κ2) is 4.61. The molecule has 1 fully saturated rings. The summed E-state index contributed by atoms with van der Waals surface area (Å²) in [6.45, 7) is 12.7. The average molecular weight is 234 g/mol. The molecule has 0 amide bonds. The fourth-order valence-electron chi connectivity index (χ4n) is 2.15. The van der Waals surface area contributed by atoms with E-state index < -0.39 is 0 Å². The molecule has 0 aromatic carbocycles. The minimum Gasteiger partial charge on any atom is -0.366 e. The van der Waals surface area contributed by atoms with Gasteiger partial charge in [-0.3, -0.25) is 0 Å². The second-order valence-electron chi connectivity index (χ2n) is 5.64. The molecule has 1 aromatic rings. The third kappa shape index (κ3) is 2.75. The van der Waals surface area contributed by atoms with Gasteiger partial charge in [0.15, 0.2) is 0 Å². The number of piperazine rings is 1. The summed E-state index contributed by atoms with van der Waals surface area (Å²) >= 11 is 0. The Balaban J connectivity index is 2.38. The van der Waals surface area contributed by atoms with Crippen LogP contribution in [-0.2, 0) is 5.41 Å². The Labute approximate surface area is 103 Å². The molecule has 0 saturated carbocycles. The van der Waals surface area contributed by atoms with Gasteiger partial charge in [0.1, 0.15) is 5.82 Å². The van der Waals surface area contributed by atoms with Crippen molar-refractivity contribution in [2.24, 2.45) is 0 Å². The fraction of sp³-hybridized carbons (Fsp3) is 0.692. The van der Waals surface area contributed by atoms with Gasteiger partial charge in [0.2, 0.25) is 0 Å². The number of aryl methyl sites for hydroxylation is 1. The molecule has 2 rings (SSSR count). The highest BCUT2D eigenvalue weighted by Crippen LogP contribution is 2.29. The van der Waals surface area contributed by atoms with Gasteiger partial charge in [0.05, 0.1) is 17.6 Å². The van der Waals surface area contributed by atoms with Crippen LogP contribution in [0.25, 0.3) is 0 Å². The van der Waals surface area contributed by atoms with E-state index >= 15 is 0 Å². The molecule has 1 saturated heterocycles. The van der Waals surface area contributed by atoms with E-state index in [1.54, 1.807) is 0 Å². The van der Waals surface area contributed by atoms with Crippen molar-refractivity contribution in [3.05, 3.63) is 17.7 Å². The van der Waals surface area contributed by atoms with Crippen LogP contribution in [0.1, 0.15) is 32.3 Å². The molecule has 0 spiro atoms. The molecule has 1 aromatic heterocycles. The summed E-state index contributed by atoms with van der Waals surface area (Å²) in [5.41, 5.74) is 2.42. The monoisotopic (exact) mass is 234 g/mol. The van der Waals surface area contributed by atoms with Crippen LogP contribution in [-0.4, -0.2) is 36.1 Å². The highest BCUT2D eigenvalue weighted by atomic mass is 15.2. The third-order valence-corrected chi connectivity index (χ3v) is 3.06. The van der Waals surface area contributed by atoms with E-state index in [9.17, 15) is 0 Å². The topological polar surface area (TPSA) is 41.1 Å². The molecule has 94 valence electrons. The first-order chi connectivity index (χ1) is 7.98. The lowest BCUT2D eigenvalue weighted by Gasteiger charge is -2.33. The van der Waals surface area contributed by atoms with E-state index in [2.05, 4.69) is 41.0 Å². The van der Waals surface area contributed by atoms with Gasteiger partial charge in [-0.15, -0.1) is 0 Å². The lowest BCUT2D eigenvalue weighted by Crippen LogP contribution is -2.44. The number of aromatic nitrogens is 2. The first-order valence-electron chi connectivity index (χ1n) is 6.28. The Kier molecular flexibility index (Phi) is 3.33. The summed E-state index contributed by atoms with van der Waals surface area (Å²) in [7, 11) is 0. The Bertz CT molecular complexity index is 389. The minimum absolute atomic E-state index is 0.0634. The van der Waals surface area contributed by atoms with Gasteiger partial charge in [-0.1, -0.05) is 20.8 Å². The standard InChI is InChI=1S/C13H22N4/c1-10-15-9-11(12(16-10)13(2,3)4)17-7-5-14-6-8-17/h9,14H,5-8H2,1-4H3. The quantitative estimate of drug-likeness (QED) is 0.799. The number of anilines is 1. The Hall–Kier alpha value is -1.16. The molecule has 2 heterocycles. The maximum atomic E-state index is 4.65. The molecule has 0 atom stereocenters. The van der Waals surface area contributed by atoms with Gasteiger partial charge in [0, 0.05) is 31.6 Å². The average Bonchev–Trinajstić information content (AvgIpc) is 2.29. The lowest BCUT2D eigenvalue weighted by molar-refractivity contribution is 0.545. The number of nitrogens with zero attached hydrogens (tertiary/aromatic N) is 3. The number of hydrogen-bond donors (Lipinski definition) is 1. The smallest absolute Gasteiger partial charge is 0.125 e. The van der Waals surface area contributed by atoms with Crippen LogP contribution in [0.5, 0.6) is 0 Å². The van der Waals surface area contributed by atoms with E-state index in [-0.39, 0.29) is 5.41 Å². The summed E-state index contributed by atoms with van der Waals surface area (Å²) in [4.78, 5) is 11.4. The van der Waals surface area contributed by atoms with Gasteiger partial charge >= 0.3 is 0 Å². The van der Waals surface area contributed by atoms with Crippen LogP contribution in [0, 0.1) is 6.92 Å².